The lowest BCUT2D eigenvalue weighted by Crippen LogP contribution is -2.32. The standard InChI is InChI=1S/C21H23N3O2S.ClH/c22-16-10-11-23(13-16)21(26)17-6-2-4-8-19(17)27-14-20(25)24-12-9-15-5-1-3-7-18(15)24;/h1-8,16H,9-14,22H2;1H/t16-;/m1./s1. The minimum absolute atomic E-state index is 0. The molecule has 1 saturated heterocycles. The predicted molar refractivity (Wildman–Crippen MR) is 115 cm³/mol. The lowest BCUT2D eigenvalue weighted by atomic mass is 10.2. The van der Waals surface area contributed by atoms with Gasteiger partial charge in [0.05, 0.1) is 11.3 Å². The quantitative estimate of drug-likeness (QED) is 0.776. The summed E-state index contributed by atoms with van der Waals surface area (Å²) in [5, 5.41) is 0. The number of hydrogen-bond donors (Lipinski definition) is 1. The van der Waals surface area contributed by atoms with Gasteiger partial charge in [-0.2, -0.15) is 0 Å². The molecule has 0 saturated carbocycles. The maximum absolute atomic E-state index is 12.8. The molecule has 0 aromatic heterocycles. The van der Waals surface area contributed by atoms with Crippen LogP contribution in [0.5, 0.6) is 0 Å². The van der Waals surface area contributed by atoms with Crippen LogP contribution >= 0.6 is 24.2 Å². The summed E-state index contributed by atoms with van der Waals surface area (Å²) in [6.45, 7) is 2.02. The molecule has 0 unspecified atom stereocenters. The second kappa shape index (κ2) is 8.99. The molecule has 2 amide bonds. The van der Waals surface area contributed by atoms with Crippen LogP contribution in [0.3, 0.4) is 0 Å². The van der Waals surface area contributed by atoms with E-state index in [0.29, 0.717) is 24.4 Å². The van der Waals surface area contributed by atoms with Crippen LogP contribution in [0.2, 0.25) is 0 Å². The molecule has 2 aliphatic heterocycles. The van der Waals surface area contributed by atoms with Crippen molar-refractivity contribution in [3.63, 3.8) is 0 Å². The van der Waals surface area contributed by atoms with Crippen LogP contribution in [0.25, 0.3) is 0 Å². The van der Waals surface area contributed by atoms with Gasteiger partial charge in [0.15, 0.2) is 0 Å². The Hall–Kier alpha value is -2.02. The zero-order chi connectivity index (χ0) is 18.8. The van der Waals surface area contributed by atoms with Crippen molar-refractivity contribution in [3.8, 4) is 0 Å². The molecule has 28 heavy (non-hydrogen) atoms. The second-order valence-electron chi connectivity index (χ2n) is 7.01. The van der Waals surface area contributed by atoms with E-state index < -0.39 is 0 Å². The number of fused-ring (bicyclic) bond motifs is 1. The van der Waals surface area contributed by atoms with Crippen molar-refractivity contribution in [3.05, 3.63) is 59.7 Å². The van der Waals surface area contributed by atoms with E-state index in [1.165, 1.54) is 17.3 Å². The highest BCUT2D eigenvalue weighted by atomic mass is 35.5. The Bertz CT molecular complexity index is 876. The van der Waals surface area contributed by atoms with Crippen molar-refractivity contribution in [2.75, 3.05) is 30.3 Å². The van der Waals surface area contributed by atoms with Gasteiger partial charge in [-0.3, -0.25) is 9.59 Å². The van der Waals surface area contributed by atoms with Crippen LogP contribution in [0.1, 0.15) is 22.3 Å². The number of nitrogens with zero attached hydrogens (tertiary/aromatic N) is 2. The number of carbonyl (C=O) groups is 2. The summed E-state index contributed by atoms with van der Waals surface area (Å²) in [5.74, 6) is 0.401. The molecule has 0 bridgehead atoms. The van der Waals surface area contributed by atoms with Gasteiger partial charge in [-0.25, -0.2) is 0 Å². The molecule has 5 nitrogen and oxygen atoms in total. The molecule has 7 heteroatoms. The zero-order valence-corrected chi connectivity index (χ0v) is 17.2. The summed E-state index contributed by atoms with van der Waals surface area (Å²) in [5.41, 5.74) is 8.83. The fourth-order valence-corrected chi connectivity index (χ4v) is 4.65. The molecule has 1 fully saturated rings. The highest BCUT2D eigenvalue weighted by molar-refractivity contribution is 8.00. The van der Waals surface area contributed by atoms with E-state index in [1.54, 1.807) is 0 Å². The third-order valence-corrected chi connectivity index (χ3v) is 6.23. The Morgan fingerprint density at radius 1 is 1.07 bits per heavy atom. The number of hydrogen-bond acceptors (Lipinski definition) is 4. The van der Waals surface area contributed by atoms with Gasteiger partial charge in [0.25, 0.3) is 5.91 Å². The summed E-state index contributed by atoms with van der Waals surface area (Å²) in [7, 11) is 0. The van der Waals surface area contributed by atoms with Crippen LogP contribution in [0.15, 0.2) is 53.4 Å². The van der Waals surface area contributed by atoms with Crippen LogP contribution in [0, 0.1) is 0 Å². The van der Waals surface area contributed by atoms with Gasteiger partial charge in [-0.1, -0.05) is 30.3 Å². The van der Waals surface area contributed by atoms with Crippen molar-refractivity contribution in [1.82, 2.24) is 4.90 Å². The Labute approximate surface area is 175 Å². The summed E-state index contributed by atoms with van der Waals surface area (Å²) in [6, 6.07) is 15.6. The second-order valence-corrected chi connectivity index (χ2v) is 8.03. The van der Waals surface area contributed by atoms with E-state index in [0.717, 1.165) is 30.0 Å². The number of likely N-dealkylation sites (tertiary alicyclic amines) is 1. The number of nitrogens with two attached hydrogens (primary N) is 1. The monoisotopic (exact) mass is 417 g/mol. The van der Waals surface area contributed by atoms with Gasteiger partial charge >= 0.3 is 0 Å². The average Bonchev–Trinajstić information content (AvgIpc) is 3.32. The topological polar surface area (TPSA) is 66.6 Å². The number of rotatable bonds is 4. The van der Waals surface area contributed by atoms with E-state index in [-0.39, 0.29) is 30.3 Å². The van der Waals surface area contributed by atoms with Gasteiger partial charge in [0, 0.05) is 36.3 Å². The van der Waals surface area contributed by atoms with Crippen molar-refractivity contribution >= 4 is 41.7 Å². The number of benzene rings is 2. The van der Waals surface area contributed by atoms with E-state index >= 15 is 0 Å². The van der Waals surface area contributed by atoms with Crippen molar-refractivity contribution < 1.29 is 9.59 Å². The van der Waals surface area contributed by atoms with E-state index in [1.807, 2.05) is 52.3 Å². The van der Waals surface area contributed by atoms with Crippen molar-refractivity contribution in [1.29, 1.82) is 0 Å². The number of carbonyl (C=O) groups excluding carboxylic acids is 2. The maximum Gasteiger partial charge on any atom is 0.255 e. The molecule has 2 N–H and O–H groups in total. The number of halogens is 1. The molecule has 2 aromatic rings. The Morgan fingerprint density at radius 3 is 2.61 bits per heavy atom. The van der Waals surface area contributed by atoms with Crippen molar-refractivity contribution in [2.24, 2.45) is 5.73 Å². The van der Waals surface area contributed by atoms with Gasteiger partial charge in [-0.05, 0) is 36.6 Å². The maximum atomic E-state index is 12.8. The number of anilines is 1. The van der Waals surface area contributed by atoms with Gasteiger partial charge in [0.1, 0.15) is 0 Å². The number of para-hydroxylation sites is 1. The molecular weight excluding hydrogens is 394 g/mol. The third kappa shape index (κ3) is 4.19. The van der Waals surface area contributed by atoms with Crippen LogP contribution in [-0.2, 0) is 11.2 Å². The third-order valence-electron chi connectivity index (χ3n) is 5.17. The summed E-state index contributed by atoms with van der Waals surface area (Å²) in [4.78, 5) is 30.1. The van der Waals surface area contributed by atoms with Gasteiger partial charge in [0.2, 0.25) is 5.91 Å². The molecule has 2 aliphatic rings. The first-order valence-corrected chi connectivity index (χ1v) is 10.3. The molecule has 0 radical (unpaired) electrons. The fourth-order valence-electron chi connectivity index (χ4n) is 3.73. The molecule has 0 spiro atoms. The van der Waals surface area contributed by atoms with E-state index in [4.69, 9.17) is 5.73 Å². The van der Waals surface area contributed by atoms with Crippen LogP contribution < -0.4 is 10.6 Å². The zero-order valence-electron chi connectivity index (χ0n) is 15.5. The molecular formula is C21H24ClN3O2S. The summed E-state index contributed by atoms with van der Waals surface area (Å²) >= 11 is 1.43. The Morgan fingerprint density at radius 2 is 1.82 bits per heavy atom. The SMILES string of the molecule is Cl.N[C@@H]1CCN(C(=O)c2ccccc2SCC(=O)N2CCc3ccccc32)C1. The first-order valence-electron chi connectivity index (χ1n) is 9.28. The minimum atomic E-state index is 0. The first-order chi connectivity index (χ1) is 13.1. The molecule has 1 atom stereocenters. The number of thioether (sulfide) groups is 1. The van der Waals surface area contributed by atoms with Crippen LogP contribution in [-0.4, -0.2) is 48.1 Å². The lowest BCUT2D eigenvalue weighted by Gasteiger charge is -2.19. The summed E-state index contributed by atoms with van der Waals surface area (Å²) < 4.78 is 0. The predicted octanol–water partition coefficient (Wildman–Crippen LogP) is 2.96. The fraction of sp³-hybridized carbons (Fsp3) is 0.333. The molecule has 0 aliphatic carbocycles. The molecule has 2 heterocycles. The van der Waals surface area contributed by atoms with Gasteiger partial charge in [-0.15, -0.1) is 24.2 Å². The molecule has 4 rings (SSSR count). The highest BCUT2D eigenvalue weighted by Gasteiger charge is 2.27. The van der Waals surface area contributed by atoms with Crippen LogP contribution in [0.4, 0.5) is 5.69 Å². The summed E-state index contributed by atoms with van der Waals surface area (Å²) in [6.07, 6.45) is 1.74. The lowest BCUT2D eigenvalue weighted by molar-refractivity contribution is -0.116. The first kappa shape index (κ1) is 20.7. The normalized spacial score (nSPS) is 18.0. The Balaban J connectivity index is 0.00000225. The minimum Gasteiger partial charge on any atom is -0.337 e. The highest BCUT2D eigenvalue weighted by Crippen LogP contribution is 2.30. The number of amides is 2. The smallest absolute Gasteiger partial charge is 0.255 e. The van der Waals surface area contributed by atoms with E-state index in [9.17, 15) is 9.59 Å². The van der Waals surface area contributed by atoms with Gasteiger partial charge < -0.3 is 15.5 Å². The average molecular weight is 418 g/mol. The molecule has 2 aromatic carbocycles. The van der Waals surface area contributed by atoms with Crippen molar-refractivity contribution in [2.45, 2.75) is 23.8 Å². The Kier molecular flexibility index (Phi) is 6.65. The molecule has 148 valence electrons. The van der Waals surface area contributed by atoms with E-state index in [2.05, 4.69) is 6.07 Å². The largest absolute Gasteiger partial charge is 0.337 e.